The van der Waals surface area contributed by atoms with Gasteiger partial charge in [-0.15, -0.1) is 0 Å². The third-order valence-corrected chi connectivity index (χ3v) is 6.39. The summed E-state index contributed by atoms with van der Waals surface area (Å²) in [5, 5.41) is 0.525. The third-order valence-electron chi connectivity index (χ3n) is 5.51. The minimum absolute atomic E-state index is 0.196. The van der Waals surface area contributed by atoms with E-state index in [1.165, 1.54) is 4.68 Å². The van der Waals surface area contributed by atoms with Crippen LogP contribution in [0.1, 0.15) is 31.3 Å². The van der Waals surface area contributed by atoms with Crippen molar-refractivity contribution in [1.82, 2.24) is 9.66 Å². The molecule has 2 aromatic carbocycles. The molecule has 0 spiro atoms. The zero-order valence-corrected chi connectivity index (χ0v) is 19.8. The molecule has 0 aliphatic carbocycles. The molecule has 1 aromatic heterocycles. The van der Waals surface area contributed by atoms with Gasteiger partial charge in [-0.05, 0) is 51.2 Å². The molecule has 4 rings (SSSR count). The Bertz CT molecular complexity index is 1160. The van der Waals surface area contributed by atoms with Crippen LogP contribution in [-0.2, 0) is 19.4 Å². The van der Waals surface area contributed by atoms with Crippen molar-refractivity contribution in [2.45, 2.75) is 51.1 Å². The predicted molar refractivity (Wildman–Crippen MR) is 123 cm³/mol. The average Bonchev–Trinajstić information content (AvgIpc) is 2.82. The summed E-state index contributed by atoms with van der Waals surface area (Å²) < 4.78 is 20.6. The van der Waals surface area contributed by atoms with Crippen LogP contribution in [0.15, 0.2) is 59.4 Å². The molecule has 0 bridgehead atoms. The summed E-state index contributed by atoms with van der Waals surface area (Å²) >= 11 is 0. The predicted octanol–water partition coefficient (Wildman–Crippen LogP) is 4.10. The highest BCUT2D eigenvalue weighted by Gasteiger charge is 2.58. The molecular formula is C23H29N3O4Si. The van der Waals surface area contributed by atoms with Gasteiger partial charge in [0.2, 0.25) is 0 Å². The average molecular weight is 440 g/mol. The van der Waals surface area contributed by atoms with E-state index in [1.54, 1.807) is 13.2 Å². The molecule has 164 valence electrons. The van der Waals surface area contributed by atoms with Crippen LogP contribution in [0.5, 0.6) is 0 Å². The Hall–Kier alpha value is -2.52. The van der Waals surface area contributed by atoms with Crippen molar-refractivity contribution < 1.29 is 13.9 Å². The molecular weight excluding hydrogens is 410 g/mol. The summed E-state index contributed by atoms with van der Waals surface area (Å²) in [4.78, 5) is 18.3. The summed E-state index contributed by atoms with van der Waals surface area (Å²) in [7, 11) is -0.606. The summed E-state index contributed by atoms with van der Waals surface area (Å²) in [6, 6.07) is 17.0. The Labute approximate surface area is 183 Å². The number of nitrogens with zero attached hydrogens (tertiary/aromatic N) is 2. The van der Waals surface area contributed by atoms with Crippen LogP contribution in [0.2, 0.25) is 19.6 Å². The zero-order chi connectivity index (χ0) is 22.4. The summed E-state index contributed by atoms with van der Waals surface area (Å²) in [5.74, 6) is -1.03. The van der Waals surface area contributed by atoms with Gasteiger partial charge in [0, 0.05) is 7.11 Å². The van der Waals surface area contributed by atoms with E-state index in [9.17, 15) is 4.79 Å². The molecule has 0 amide bonds. The van der Waals surface area contributed by atoms with Gasteiger partial charge >= 0.3 is 5.97 Å². The van der Waals surface area contributed by atoms with Crippen molar-refractivity contribution in [3.8, 4) is 0 Å². The lowest BCUT2D eigenvalue weighted by molar-refractivity contribution is -0.380. The van der Waals surface area contributed by atoms with Crippen molar-refractivity contribution in [1.29, 1.82) is 0 Å². The number of rotatable bonds is 4. The van der Waals surface area contributed by atoms with Gasteiger partial charge in [-0.1, -0.05) is 42.5 Å². The summed E-state index contributed by atoms with van der Waals surface area (Å²) in [6.45, 7) is 10.0. The molecule has 3 aromatic rings. The van der Waals surface area contributed by atoms with E-state index in [2.05, 4.69) is 25.1 Å². The van der Waals surface area contributed by atoms with Crippen LogP contribution in [-0.4, -0.2) is 31.1 Å². The maximum atomic E-state index is 13.5. The van der Waals surface area contributed by atoms with Crippen molar-refractivity contribution in [2.24, 2.45) is 0 Å². The third kappa shape index (κ3) is 3.59. The maximum absolute atomic E-state index is 13.5. The van der Waals surface area contributed by atoms with Gasteiger partial charge < -0.3 is 19.3 Å². The minimum Gasteiger partial charge on any atom is -0.367 e. The number of aromatic nitrogens is 2. The van der Waals surface area contributed by atoms with E-state index in [0.29, 0.717) is 16.7 Å². The normalized spacial score (nSPS) is 26.2. The van der Waals surface area contributed by atoms with Crippen molar-refractivity contribution in [3.05, 3.63) is 76.3 Å². The largest absolute Gasteiger partial charge is 0.367 e. The van der Waals surface area contributed by atoms with E-state index in [0.717, 1.165) is 5.56 Å². The number of para-hydroxylation sites is 1. The van der Waals surface area contributed by atoms with E-state index in [4.69, 9.17) is 18.9 Å². The second kappa shape index (κ2) is 7.56. The monoisotopic (exact) mass is 439 g/mol. The molecule has 1 N–H and O–H groups in total. The van der Waals surface area contributed by atoms with E-state index >= 15 is 0 Å². The number of methoxy groups -OCH3 is 1. The Morgan fingerprint density at radius 3 is 2.39 bits per heavy atom. The number of fused-ring (bicyclic) bond motifs is 2. The van der Waals surface area contributed by atoms with Crippen LogP contribution in [0.4, 0.5) is 0 Å². The molecule has 8 heteroatoms. The smallest absolute Gasteiger partial charge is 0.304 e. The van der Waals surface area contributed by atoms with Crippen molar-refractivity contribution in [3.63, 3.8) is 0 Å². The van der Waals surface area contributed by atoms with Gasteiger partial charge in [-0.3, -0.25) is 4.79 Å². The quantitative estimate of drug-likeness (QED) is 0.487. The first kappa shape index (κ1) is 21.7. The van der Waals surface area contributed by atoms with Crippen LogP contribution >= 0.6 is 0 Å². The molecule has 2 heterocycles. The maximum Gasteiger partial charge on any atom is 0.304 e. The first-order chi connectivity index (χ1) is 14.6. The number of benzene rings is 2. The first-order valence-electron chi connectivity index (χ1n) is 10.4. The summed E-state index contributed by atoms with van der Waals surface area (Å²) in [6.07, 6.45) is -0.577. The summed E-state index contributed by atoms with van der Waals surface area (Å²) in [5.41, 5.74) is 3.62. The van der Waals surface area contributed by atoms with Crippen LogP contribution in [0, 0.1) is 0 Å². The molecule has 1 aliphatic heterocycles. The standard InChI is InChI=1S/C23H29N3O4Si/c1-16-20-24-19-15-11-10-14-18(19)21(27)26(20)25-22(2,17-12-8-7-9-13-17)23(28-3,29-16)30-31(4,5)6/h7-16,25H,1-6H3. The van der Waals surface area contributed by atoms with Crippen molar-refractivity contribution in [2.75, 3.05) is 12.5 Å². The highest BCUT2D eigenvalue weighted by Crippen LogP contribution is 2.44. The Morgan fingerprint density at radius 1 is 1.10 bits per heavy atom. The molecule has 3 atom stereocenters. The number of ether oxygens (including phenoxy) is 2. The fraction of sp³-hybridized carbons (Fsp3) is 0.391. The Morgan fingerprint density at radius 2 is 1.74 bits per heavy atom. The molecule has 1 aliphatic rings. The highest BCUT2D eigenvalue weighted by atomic mass is 28.4. The van der Waals surface area contributed by atoms with Crippen LogP contribution < -0.4 is 11.0 Å². The van der Waals surface area contributed by atoms with Gasteiger partial charge in [-0.25, -0.2) is 9.66 Å². The van der Waals surface area contributed by atoms with E-state index < -0.39 is 25.9 Å². The Balaban J connectivity index is 2.02. The highest BCUT2D eigenvalue weighted by molar-refractivity contribution is 6.69. The van der Waals surface area contributed by atoms with Crippen LogP contribution in [0.3, 0.4) is 0 Å². The minimum atomic E-state index is -2.17. The molecule has 0 saturated heterocycles. The van der Waals surface area contributed by atoms with Gasteiger partial charge in [0.15, 0.2) is 19.7 Å². The zero-order valence-electron chi connectivity index (χ0n) is 18.8. The number of nitrogens with one attached hydrogen (secondary N) is 1. The molecule has 3 unspecified atom stereocenters. The van der Waals surface area contributed by atoms with E-state index in [1.807, 2.05) is 62.4 Å². The van der Waals surface area contributed by atoms with Crippen molar-refractivity contribution >= 4 is 19.2 Å². The first-order valence-corrected chi connectivity index (χ1v) is 13.8. The molecule has 0 radical (unpaired) electrons. The second-order valence-electron chi connectivity index (χ2n) is 8.97. The fourth-order valence-electron chi connectivity index (χ4n) is 4.06. The topological polar surface area (TPSA) is 74.6 Å². The fourth-order valence-corrected chi connectivity index (χ4v) is 5.20. The van der Waals surface area contributed by atoms with Gasteiger partial charge in [0.1, 0.15) is 6.10 Å². The van der Waals surface area contributed by atoms with Gasteiger partial charge in [0.25, 0.3) is 5.56 Å². The van der Waals surface area contributed by atoms with Gasteiger partial charge in [-0.2, -0.15) is 0 Å². The van der Waals surface area contributed by atoms with Crippen LogP contribution in [0.25, 0.3) is 10.9 Å². The number of hydrogen-bond donors (Lipinski definition) is 1. The molecule has 0 saturated carbocycles. The Kier molecular flexibility index (Phi) is 5.29. The molecule has 0 fully saturated rings. The lowest BCUT2D eigenvalue weighted by Gasteiger charge is -2.48. The lowest BCUT2D eigenvalue weighted by Crippen LogP contribution is -2.63. The molecule has 31 heavy (non-hydrogen) atoms. The SMILES string of the molecule is COC1(O[Si](C)(C)C)OC(C)c2nc3ccccc3c(=O)n2NC1(C)c1ccccc1. The number of hydrogen-bond acceptors (Lipinski definition) is 6. The molecule has 7 nitrogen and oxygen atoms in total. The van der Waals surface area contributed by atoms with E-state index in [-0.39, 0.29) is 5.56 Å². The lowest BCUT2D eigenvalue weighted by atomic mass is 9.89. The second-order valence-corrected chi connectivity index (χ2v) is 13.4. The van der Waals surface area contributed by atoms with Gasteiger partial charge in [0.05, 0.1) is 10.9 Å².